The van der Waals surface area contributed by atoms with Crippen LogP contribution in [0, 0.1) is 11.3 Å². The number of hydrogen-bond donors (Lipinski definition) is 0. The molecule has 100 valence electrons. The molecule has 1 aromatic rings. The lowest BCUT2D eigenvalue weighted by Crippen LogP contribution is -2.36. The first-order chi connectivity index (χ1) is 8.61. The molecule has 0 spiro atoms. The summed E-state index contributed by atoms with van der Waals surface area (Å²) in [5, 5.41) is 2.03. The van der Waals surface area contributed by atoms with E-state index in [2.05, 4.69) is 63.9 Å². The van der Waals surface area contributed by atoms with Crippen LogP contribution >= 0.6 is 31.9 Å². The van der Waals surface area contributed by atoms with Crippen LogP contribution in [0.15, 0.2) is 24.3 Å². The zero-order valence-electron chi connectivity index (χ0n) is 11.0. The number of fused-ring (bicyclic) bond motifs is 1. The molecule has 0 bridgehead atoms. The standard InChI is InChI=1S/C15H20Br2O/c1-11(2)15(9-16,10-17)8-13-7-12-5-3-4-6-14(12)18-13/h3-6,11,13H,7-10H2,1-2H3. The van der Waals surface area contributed by atoms with Crippen LogP contribution in [-0.2, 0) is 6.42 Å². The number of benzene rings is 1. The number of hydrogen-bond acceptors (Lipinski definition) is 1. The van der Waals surface area contributed by atoms with E-state index in [0.717, 1.165) is 29.3 Å². The normalized spacial score (nSPS) is 18.8. The van der Waals surface area contributed by atoms with Crippen molar-refractivity contribution in [2.24, 2.45) is 11.3 Å². The maximum absolute atomic E-state index is 6.07. The molecule has 0 saturated carbocycles. The average molecular weight is 376 g/mol. The van der Waals surface area contributed by atoms with Crippen molar-refractivity contribution in [2.45, 2.75) is 32.8 Å². The van der Waals surface area contributed by atoms with Crippen molar-refractivity contribution in [2.75, 3.05) is 10.7 Å². The largest absolute Gasteiger partial charge is 0.490 e. The van der Waals surface area contributed by atoms with Gasteiger partial charge in [-0.25, -0.2) is 0 Å². The predicted molar refractivity (Wildman–Crippen MR) is 84.0 cm³/mol. The van der Waals surface area contributed by atoms with Gasteiger partial charge in [0.15, 0.2) is 0 Å². The lowest BCUT2D eigenvalue weighted by Gasteiger charge is -2.36. The van der Waals surface area contributed by atoms with E-state index in [1.807, 2.05) is 6.07 Å². The third kappa shape index (κ3) is 2.77. The molecule has 1 aromatic carbocycles. The topological polar surface area (TPSA) is 9.23 Å². The number of para-hydroxylation sites is 1. The van der Waals surface area contributed by atoms with Gasteiger partial charge in [0.25, 0.3) is 0 Å². The smallest absolute Gasteiger partial charge is 0.123 e. The van der Waals surface area contributed by atoms with Crippen molar-refractivity contribution in [1.29, 1.82) is 0 Å². The Morgan fingerprint density at radius 3 is 2.50 bits per heavy atom. The molecule has 3 heteroatoms. The molecule has 0 aromatic heterocycles. The highest BCUT2D eigenvalue weighted by Crippen LogP contribution is 2.40. The average Bonchev–Trinajstić information content (AvgIpc) is 2.77. The second-order valence-corrected chi connectivity index (χ2v) is 6.66. The Labute approximate surface area is 127 Å². The molecule has 1 atom stereocenters. The van der Waals surface area contributed by atoms with Crippen LogP contribution in [0.25, 0.3) is 0 Å². The lowest BCUT2D eigenvalue weighted by atomic mass is 9.76. The van der Waals surface area contributed by atoms with Crippen LogP contribution in [-0.4, -0.2) is 16.8 Å². The van der Waals surface area contributed by atoms with Crippen molar-refractivity contribution in [3.05, 3.63) is 29.8 Å². The Morgan fingerprint density at radius 2 is 1.94 bits per heavy atom. The van der Waals surface area contributed by atoms with Gasteiger partial charge in [0, 0.05) is 17.1 Å². The zero-order valence-corrected chi connectivity index (χ0v) is 14.1. The van der Waals surface area contributed by atoms with Gasteiger partial charge in [-0.15, -0.1) is 0 Å². The summed E-state index contributed by atoms with van der Waals surface area (Å²) in [4.78, 5) is 0. The molecule has 0 amide bonds. The van der Waals surface area contributed by atoms with Gasteiger partial charge in [-0.3, -0.25) is 0 Å². The van der Waals surface area contributed by atoms with Crippen molar-refractivity contribution in [3.63, 3.8) is 0 Å². The summed E-state index contributed by atoms with van der Waals surface area (Å²) in [5.74, 6) is 1.70. The van der Waals surface area contributed by atoms with Gasteiger partial charge in [0.05, 0.1) is 0 Å². The van der Waals surface area contributed by atoms with Gasteiger partial charge in [0.1, 0.15) is 11.9 Å². The monoisotopic (exact) mass is 374 g/mol. The summed E-state index contributed by atoms with van der Waals surface area (Å²) < 4.78 is 6.07. The second kappa shape index (κ2) is 5.96. The van der Waals surface area contributed by atoms with Crippen LogP contribution in [0.4, 0.5) is 0 Å². The molecule has 1 aliphatic rings. The van der Waals surface area contributed by atoms with Crippen molar-refractivity contribution >= 4 is 31.9 Å². The second-order valence-electron chi connectivity index (χ2n) is 5.54. The molecule has 1 unspecified atom stereocenters. The van der Waals surface area contributed by atoms with Gasteiger partial charge in [-0.2, -0.15) is 0 Å². The fourth-order valence-electron chi connectivity index (χ4n) is 2.51. The number of ether oxygens (including phenoxy) is 1. The van der Waals surface area contributed by atoms with E-state index in [1.165, 1.54) is 5.56 Å². The summed E-state index contributed by atoms with van der Waals surface area (Å²) in [6, 6.07) is 8.39. The predicted octanol–water partition coefficient (Wildman–Crippen LogP) is 4.81. The summed E-state index contributed by atoms with van der Waals surface area (Å²) >= 11 is 7.38. The first-order valence-electron chi connectivity index (χ1n) is 6.48. The first kappa shape index (κ1) is 14.4. The van der Waals surface area contributed by atoms with Gasteiger partial charge < -0.3 is 4.74 Å². The minimum atomic E-state index is 0.271. The Bertz CT molecular complexity index is 374. The van der Waals surface area contributed by atoms with Crippen LogP contribution in [0.5, 0.6) is 5.75 Å². The summed E-state index contributed by atoms with van der Waals surface area (Å²) in [6.07, 6.45) is 2.46. The molecule has 1 heterocycles. The Morgan fingerprint density at radius 1 is 1.28 bits per heavy atom. The van der Waals surface area contributed by atoms with Crippen LogP contribution in [0.2, 0.25) is 0 Å². The summed E-state index contributed by atoms with van der Waals surface area (Å²) in [7, 11) is 0. The number of halogens is 2. The van der Waals surface area contributed by atoms with Crippen LogP contribution < -0.4 is 4.74 Å². The van der Waals surface area contributed by atoms with Gasteiger partial charge in [0.2, 0.25) is 0 Å². The first-order valence-corrected chi connectivity index (χ1v) is 8.72. The minimum Gasteiger partial charge on any atom is -0.490 e. The molecule has 1 nitrogen and oxygen atoms in total. The van der Waals surface area contributed by atoms with E-state index in [4.69, 9.17) is 4.74 Å². The Hall–Kier alpha value is -0.0200. The van der Waals surface area contributed by atoms with Gasteiger partial charge >= 0.3 is 0 Å². The maximum atomic E-state index is 6.07. The van der Waals surface area contributed by atoms with Gasteiger partial charge in [-0.1, -0.05) is 63.9 Å². The molecular weight excluding hydrogens is 356 g/mol. The molecule has 0 radical (unpaired) electrons. The third-order valence-electron chi connectivity index (χ3n) is 4.11. The van der Waals surface area contributed by atoms with E-state index in [1.54, 1.807) is 0 Å². The van der Waals surface area contributed by atoms with E-state index >= 15 is 0 Å². The SMILES string of the molecule is CC(C)C(CBr)(CBr)CC1Cc2ccccc2O1. The van der Waals surface area contributed by atoms with Crippen molar-refractivity contribution in [3.8, 4) is 5.75 Å². The maximum Gasteiger partial charge on any atom is 0.123 e. The minimum absolute atomic E-state index is 0.271. The highest BCUT2D eigenvalue weighted by Gasteiger charge is 2.37. The summed E-state index contributed by atoms with van der Waals surface area (Å²) in [6.45, 7) is 4.59. The third-order valence-corrected chi connectivity index (χ3v) is 6.34. The van der Waals surface area contributed by atoms with E-state index in [0.29, 0.717) is 12.0 Å². The Kier molecular flexibility index (Phi) is 4.76. The quantitative estimate of drug-likeness (QED) is 0.671. The van der Waals surface area contributed by atoms with Gasteiger partial charge in [-0.05, 0) is 29.4 Å². The number of rotatable bonds is 5. The molecule has 0 saturated heterocycles. The molecule has 0 N–H and O–H groups in total. The summed E-state index contributed by atoms with van der Waals surface area (Å²) in [5.41, 5.74) is 1.62. The van der Waals surface area contributed by atoms with Crippen LogP contribution in [0.3, 0.4) is 0 Å². The molecule has 0 fully saturated rings. The molecular formula is C15H20Br2O. The van der Waals surface area contributed by atoms with Crippen molar-refractivity contribution < 1.29 is 4.74 Å². The van der Waals surface area contributed by atoms with E-state index < -0.39 is 0 Å². The van der Waals surface area contributed by atoms with Crippen molar-refractivity contribution in [1.82, 2.24) is 0 Å². The highest BCUT2D eigenvalue weighted by molar-refractivity contribution is 9.09. The van der Waals surface area contributed by atoms with E-state index in [9.17, 15) is 0 Å². The lowest BCUT2D eigenvalue weighted by molar-refractivity contribution is 0.131. The molecule has 2 rings (SSSR count). The van der Waals surface area contributed by atoms with E-state index in [-0.39, 0.29) is 5.41 Å². The fourth-order valence-corrected chi connectivity index (χ4v) is 5.19. The molecule has 18 heavy (non-hydrogen) atoms. The molecule has 1 aliphatic heterocycles. The van der Waals surface area contributed by atoms with Crippen LogP contribution in [0.1, 0.15) is 25.8 Å². The Balaban J connectivity index is 2.08. The fraction of sp³-hybridized carbons (Fsp3) is 0.600. The zero-order chi connectivity index (χ0) is 13.2. The number of alkyl halides is 2. The molecule has 0 aliphatic carbocycles. The highest BCUT2D eigenvalue weighted by atomic mass is 79.9.